The lowest BCUT2D eigenvalue weighted by molar-refractivity contribution is 0.103. The lowest BCUT2D eigenvalue weighted by atomic mass is 10.0. The highest BCUT2D eigenvalue weighted by Crippen LogP contribution is 2.17. The number of alkyl halides is 1. The number of hydrogen-bond donors (Lipinski definition) is 0. The fraction of sp³-hybridized carbons (Fsp3) is 0.316. The minimum atomic E-state index is 0.0404. The van der Waals surface area contributed by atoms with Crippen LogP contribution in [0, 0.1) is 0 Å². The van der Waals surface area contributed by atoms with Crippen LogP contribution in [0.3, 0.4) is 0 Å². The van der Waals surface area contributed by atoms with Gasteiger partial charge >= 0.3 is 0 Å². The number of hydrogen-bond acceptors (Lipinski definition) is 2. The van der Waals surface area contributed by atoms with Crippen LogP contribution in [0.15, 0.2) is 48.5 Å². The molecule has 0 N–H and O–H groups in total. The highest BCUT2D eigenvalue weighted by atomic mass is 79.9. The second kappa shape index (κ2) is 8.74. The number of rotatable bonds is 8. The first kappa shape index (κ1) is 16.8. The van der Waals surface area contributed by atoms with Crippen molar-refractivity contribution < 1.29 is 9.53 Å². The van der Waals surface area contributed by atoms with Gasteiger partial charge in [0.15, 0.2) is 5.78 Å². The van der Waals surface area contributed by atoms with Crippen molar-refractivity contribution in [2.45, 2.75) is 31.5 Å². The van der Waals surface area contributed by atoms with E-state index in [4.69, 9.17) is 4.74 Å². The number of carbonyl (C=O) groups excluding carboxylic acids is 1. The van der Waals surface area contributed by atoms with Crippen molar-refractivity contribution in [2.75, 3.05) is 6.61 Å². The summed E-state index contributed by atoms with van der Waals surface area (Å²) in [5.41, 5.74) is 2.56. The molecule has 0 bridgehead atoms. The van der Waals surface area contributed by atoms with Crippen molar-refractivity contribution in [1.29, 1.82) is 0 Å². The fourth-order valence-electron chi connectivity index (χ4n) is 2.16. The van der Waals surface area contributed by atoms with E-state index < -0.39 is 0 Å². The number of halogens is 1. The maximum Gasteiger partial charge on any atom is 0.193 e. The lowest BCUT2D eigenvalue weighted by Crippen LogP contribution is -2.02. The van der Waals surface area contributed by atoms with E-state index in [0.29, 0.717) is 11.1 Å². The third-order valence-corrected chi connectivity index (χ3v) is 4.15. The molecule has 0 aliphatic rings. The average molecular weight is 361 g/mol. The van der Waals surface area contributed by atoms with E-state index in [1.54, 1.807) is 0 Å². The molecule has 2 nitrogen and oxygen atoms in total. The molecule has 2 aromatic rings. The molecule has 0 amide bonds. The van der Waals surface area contributed by atoms with Gasteiger partial charge in [0.2, 0.25) is 0 Å². The average Bonchev–Trinajstić information content (AvgIpc) is 2.59. The minimum absolute atomic E-state index is 0.0404. The summed E-state index contributed by atoms with van der Waals surface area (Å²) in [7, 11) is 0. The Morgan fingerprint density at radius 1 is 0.955 bits per heavy atom. The molecule has 0 unspecified atom stereocenters. The van der Waals surface area contributed by atoms with Crippen LogP contribution in [0.1, 0.15) is 47.7 Å². The fourth-order valence-corrected chi connectivity index (χ4v) is 2.53. The molecule has 0 saturated carbocycles. The van der Waals surface area contributed by atoms with E-state index >= 15 is 0 Å². The molecule has 0 saturated heterocycles. The van der Waals surface area contributed by atoms with Crippen LogP contribution in [0.5, 0.6) is 5.75 Å². The van der Waals surface area contributed by atoms with Crippen molar-refractivity contribution in [3.05, 3.63) is 65.2 Å². The zero-order chi connectivity index (χ0) is 15.8. The predicted octanol–water partition coefficient (Wildman–Crippen LogP) is 5.38. The van der Waals surface area contributed by atoms with Crippen molar-refractivity contribution in [3.8, 4) is 5.75 Å². The molecule has 2 rings (SSSR count). The second-order valence-corrected chi connectivity index (χ2v) is 5.80. The monoisotopic (exact) mass is 360 g/mol. The molecule has 116 valence electrons. The largest absolute Gasteiger partial charge is 0.494 e. The predicted molar refractivity (Wildman–Crippen MR) is 94.0 cm³/mol. The molecule has 0 aliphatic heterocycles. The van der Waals surface area contributed by atoms with E-state index in [1.807, 2.05) is 48.5 Å². The molecule has 0 atom stereocenters. The molecule has 2 aromatic carbocycles. The van der Waals surface area contributed by atoms with Crippen LogP contribution < -0.4 is 4.74 Å². The summed E-state index contributed by atoms with van der Waals surface area (Å²) in [6.45, 7) is 2.90. The van der Waals surface area contributed by atoms with Crippen LogP contribution in [0.25, 0.3) is 0 Å². The summed E-state index contributed by atoms with van der Waals surface area (Å²) in [4.78, 5) is 12.4. The summed E-state index contributed by atoms with van der Waals surface area (Å²) < 4.78 is 5.66. The summed E-state index contributed by atoms with van der Waals surface area (Å²) in [5, 5.41) is 0.797. The smallest absolute Gasteiger partial charge is 0.193 e. The number of ether oxygens (including phenoxy) is 1. The molecule has 0 spiro atoms. The summed E-state index contributed by atoms with van der Waals surface area (Å²) in [6, 6.07) is 15.1. The first-order valence-electron chi connectivity index (χ1n) is 7.67. The van der Waals surface area contributed by atoms with E-state index in [2.05, 4.69) is 22.9 Å². The molecular weight excluding hydrogens is 340 g/mol. The van der Waals surface area contributed by atoms with Gasteiger partial charge in [-0.3, -0.25) is 4.79 Å². The van der Waals surface area contributed by atoms with E-state index in [1.165, 1.54) is 12.8 Å². The molecule has 0 radical (unpaired) electrons. The standard InChI is InChI=1S/C19H21BrO2/c1-2-3-4-13-22-18-11-9-17(10-12-18)19(21)16-7-5-15(14-20)6-8-16/h5-12H,2-4,13-14H2,1H3. The maximum atomic E-state index is 12.4. The molecule has 0 fully saturated rings. The Morgan fingerprint density at radius 2 is 1.55 bits per heavy atom. The van der Waals surface area contributed by atoms with Gasteiger partial charge in [0, 0.05) is 16.5 Å². The lowest BCUT2D eigenvalue weighted by Gasteiger charge is -2.07. The van der Waals surface area contributed by atoms with Gasteiger partial charge < -0.3 is 4.74 Å². The highest BCUT2D eigenvalue weighted by Gasteiger charge is 2.09. The maximum absolute atomic E-state index is 12.4. The van der Waals surface area contributed by atoms with Gasteiger partial charge in [-0.05, 0) is 36.2 Å². The van der Waals surface area contributed by atoms with Gasteiger partial charge in [0.05, 0.1) is 6.61 Å². The van der Waals surface area contributed by atoms with Crippen molar-refractivity contribution >= 4 is 21.7 Å². The van der Waals surface area contributed by atoms with Gasteiger partial charge in [-0.1, -0.05) is 60.0 Å². The van der Waals surface area contributed by atoms with Crippen molar-refractivity contribution in [2.24, 2.45) is 0 Å². The van der Waals surface area contributed by atoms with Crippen LogP contribution >= 0.6 is 15.9 Å². The Labute approximate surface area is 140 Å². The summed E-state index contributed by atoms with van der Waals surface area (Å²) in [5.74, 6) is 0.862. The van der Waals surface area contributed by atoms with Crippen molar-refractivity contribution in [3.63, 3.8) is 0 Å². The number of carbonyl (C=O) groups is 1. The van der Waals surface area contributed by atoms with Gasteiger partial charge in [-0.2, -0.15) is 0 Å². The summed E-state index contributed by atoms with van der Waals surface area (Å²) >= 11 is 3.40. The van der Waals surface area contributed by atoms with E-state index in [9.17, 15) is 4.79 Å². The quantitative estimate of drug-likeness (QED) is 0.358. The Bertz CT molecular complexity index is 588. The first-order valence-corrected chi connectivity index (χ1v) is 8.79. The topological polar surface area (TPSA) is 26.3 Å². The number of ketones is 1. The Hall–Kier alpha value is -1.61. The Kier molecular flexibility index (Phi) is 6.66. The zero-order valence-corrected chi connectivity index (χ0v) is 14.4. The van der Waals surface area contributed by atoms with E-state index in [0.717, 1.165) is 29.7 Å². The SMILES string of the molecule is CCCCCOc1ccc(C(=O)c2ccc(CBr)cc2)cc1. The van der Waals surface area contributed by atoms with Crippen LogP contribution in [0.2, 0.25) is 0 Å². The highest BCUT2D eigenvalue weighted by molar-refractivity contribution is 9.08. The molecule has 22 heavy (non-hydrogen) atoms. The normalized spacial score (nSPS) is 10.5. The van der Waals surface area contributed by atoms with Gasteiger partial charge in [0.25, 0.3) is 0 Å². The van der Waals surface area contributed by atoms with Crippen LogP contribution in [0.4, 0.5) is 0 Å². The molecule has 0 aliphatic carbocycles. The van der Waals surface area contributed by atoms with Crippen molar-refractivity contribution in [1.82, 2.24) is 0 Å². The molecule has 0 aromatic heterocycles. The first-order chi connectivity index (χ1) is 10.7. The number of unbranched alkanes of at least 4 members (excludes halogenated alkanes) is 2. The Balaban J connectivity index is 1.98. The van der Waals surface area contributed by atoms with Gasteiger partial charge in [-0.15, -0.1) is 0 Å². The van der Waals surface area contributed by atoms with Gasteiger partial charge in [0.1, 0.15) is 5.75 Å². The zero-order valence-electron chi connectivity index (χ0n) is 12.8. The van der Waals surface area contributed by atoms with Crippen LogP contribution in [-0.2, 0) is 5.33 Å². The summed E-state index contributed by atoms with van der Waals surface area (Å²) in [6.07, 6.45) is 3.43. The molecular formula is C19H21BrO2. The third kappa shape index (κ3) is 4.70. The van der Waals surface area contributed by atoms with Gasteiger partial charge in [-0.25, -0.2) is 0 Å². The van der Waals surface area contributed by atoms with E-state index in [-0.39, 0.29) is 5.78 Å². The third-order valence-electron chi connectivity index (χ3n) is 3.50. The molecule has 0 heterocycles. The number of benzene rings is 2. The van der Waals surface area contributed by atoms with Crippen LogP contribution in [-0.4, -0.2) is 12.4 Å². The second-order valence-electron chi connectivity index (χ2n) is 5.24. The minimum Gasteiger partial charge on any atom is -0.494 e. The molecule has 3 heteroatoms. The Morgan fingerprint density at radius 3 is 2.09 bits per heavy atom.